The Morgan fingerprint density at radius 3 is 2.64 bits per heavy atom. The zero-order valence-electron chi connectivity index (χ0n) is 11.1. The number of carbonyl (C=O) groups is 2. The molecule has 0 fully saturated rings. The highest BCUT2D eigenvalue weighted by molar-refractivity contribution is 6.50. The fourth-order valence-corrected chi connectivity index (χ4v) is 2.46. The first-order chi connectivity index (χ1) is 10.5. The van der Waals surface area contributed by atoms with Gasteiger partial charge in [-0.05, 0) is 6.07 Å². The van der Waals surface area contributed by atoms with Crippen LogP contribution in [0, 0.1) is 10.1 Å². The van der Waals surface area contributed by atoms with Gasteiger partial charge >= 0.3 is 0 Å². The molecule has 0 aliphatic heterocycles. The number of hydrogen-bond donors (Lipinski definition) is 1. The SMILES string of the molecule is O=C1C(=O)C(O)(/C(=C/c2ccoc2)[N+](=O)[O-])c2ccccc21. The van der Waals surface area contributed by atoms with Crippen molar-refractivity contribution < 1.29 is 24.0 Å². The van der Waals surface area contributed by atoms with Crippen LogP contribution < -0.4 is 0 Å². The molecule has 3 rings (SSSR count). The maximum Gasteiger partial charge on any atom is 0.291 e. The Labute approximate surface area is 123 Å². The number of furan rings is 1. The summed E-state index contributed by atoms with van der Waals surface area (Å²) in [6.07, 6.45) is 3.53. The third kappa shape index (κ3) is 1.80. The molecule has 1 unspecified atom stereocenters. The maximum absolute atomic E-state index is 12.2. The van der Waals surface area contributed by atoms with Crippen molar-refractivity contribution in [2.24, 2.45) is 0 Å². The van der Waals surface area contributed by atoms with E-state index < -0.39 is 27.8 Å². The average Bonchev–Trinajstić information content (AvgIpc) is 3.08. The first-order valence-electron chi connectivity index (χ1n) is 6.26. The van der Waals surface area contributed by atoms with E-state index in [0.717, 1.165) is 6.08 Å². The molecule has 110 valence electrons. The number of aliphatic hydroxyl groups is 1. The van der Waals surface area contributed by atoms with Crippen LogP contribution in [-0.2, 0) is 10.4 Å². The van der Waals surface area contributed by atoms with Gasteiger partial charge in [-0.25, -0.2) is 0 Å². The second kappa shape index (κ2) is 4.74. The second-order valence-electron chi connectivity index (χ2n) is 4.76. The molecule has 0 amide bonds. The first kappa shape index (κ1) is 13.9. The number of carbonyl (C=O) groups excluding carboxylic acids is 2. The standard InChI is InChI=1S/C15H9NO6/c17-13-10-3-1-2-4-11(10)15(19,14(13)18)12(16(20)21)7-9-5-6-22-8-9/h1-8,19H/b12-7-. The molecular formula is C15H9NO6. The van der Waals surface area contributed by atoms with E-state index in [0.29, 0.717) is 5.56 Å². The Hall–Kier alpha value is -3.06. The van der Waals surface area contributed by atoms with Crippen molar-refractivity contribution in [3.63, 3.8) is 0 Å². The van der Waals surface area contributed by atoms with Gasteiger partial charge in [-0.2, -0.15) is 0 Å². The molecule has 1 aliphatic rings. The van der Waals surface area contributed by atoms with Crippen LogP contribution in [0.15, 0.2) is 53.0 Å². The number of hydrogen-bond acceptors (Lipinski definition) is 6. The van der Waals surface area contributed by atoms with Crippen molar-refractivity contribution in [3.05, 3.63) is 75.4 Å². The van der Waals surface area contributed by atoms with Crippen LogP contribution in [0.3, 0.4) is 0 Å². The lowest BCUT2D eigenvalue weighted by Crippen LogP contribution is -2.38. The van der Waals surface area contributed by atoms with Crippen LogP contribution >= 0.6 is 0 Å². The third-order valence-electron chi connectivity index (χ3n) is 3.51. The van der Waals surface area contributed by atoms with Gasteiger partial charge in [0.25, 0.3) is 11.5 Å². The monoisotopic (exact) mass is 299 g/mol. The molecule has 22 heavy (non-hydrogen) atoms. The van der Waals surface area contributed by atoms with Gasteiger partial charge in [0, 0.05) is 22.8 Å². The van der Waals surface area contributed by atoms with Crippen LogP contribution in [0.2, 0.25) is 0 Å². The Morgan fingerprint density at radius 2 is 2.00 bits per heavy atom. The minimum Gasteiger partial charge on any atom is -0.472 e. The van der Waals surface area contributed by atoms with E-state index in [4.69, 9.17) is 4.42 Å². The first-order valence-corrected chi connectivity index (χ1v) is 6.26. The fourth-order valence-electron chi connectivity index (χ4n) is 2.46. The Bertz CT molecular complexity index is 820. The van der Waals surface area contributed by atoms with Gasteiger partial charge in [-0.3, -0.25) is 19.7 Å². The highest BCUT2D eigenvalue weighted by Crippen LogP contribution is 2.40. The lowest BCUT2D eigenvalue weighted by atomic mass is 9.90. The van der Waals surface area contributed by atoms with Crippen molar-refractivity contribution in [3.8, 4) is 0 Å². The van der Waals surface area contributed by atoms with E-state index in [1.807, 2.05) is 0 Å². The summed E-state index contributed by atoms with van der Waals surface area (Å²) >= 11 is 0. The highest BCUT2D eigenvalue weighted by atomic mass is 16.6. The summed E-state index contributed by atoms with van der Waals surface area (Å²) in [5, 5.41) is 22.1. The average molecular weight is 299 g/mol. The number of ketones is 2. The smallest absolute Gasteiger partial charge is 0.291 e. The number of Topliss-reactive ketones (excluding diaryl/α,β-unsaturated/α-hetero) is 2. The number of rotatable bonds is 3. The Balaban J connectivity index is 2.26. The zero-order valence-corrected chi connectivity index (χ0v) is 11.1. The van der Waals surface area contributed by atoms with Crippen molar-refractivity contribution in [1.82, 2.24) is 0 Å². The van der Waals surface area contributed by atoms with Gasteiger partial charge in [-0.1, -0.05) is 24.3 Å². The molecule has 1 aromatic carbocycles. The molecule has 1 aliphatic carbocycles. The van der Waals surface area contributed by atoms with Crippen LogP contribution in [0.4, 0.5) is 0 Å². The van der Waals surface area contributed by atoms with Gasteiger partial charge in [0.2, 0.25) is 11.4 Å². The number of benzene rings is 1. The second-order valence-corrected chi connectivity index (χ2v) is 4.76. The van der Waals surface area contributed by atoms with Crippen molar-refractivity contribution in [2.45, 2.75) is 5.60 Å². The minimum atomic E-state index is -2.60. The molecule has 7 heteroatoms. The van der Waals surface area contributed by atoms with Gasteiger partial charge in [0.05, 0.1) is 17.4 Å². The van der Waals surface area contributed by atoms with E-state index in [2.05, 4.69) is 0 Å². The predicted octanol–water partition coefficient (Wildman–Crippen LogP) is 1.55. The summed E-state index contributed by atoms with van der Waals surface area (Å²) in [6.45, 7) is 0. The van der Waals surface area contributed by atoms with Crippen LogP contribution in [0.5, 0.6) is 0 Å². The van der Waals surface area contributed by atoms with Crippen LogP contribution in [-0.4, -0.2) is 21.6 Å². The number of nitrogens with zero attached hydrogens (tertiary/aromatic N) is 1. The van der Waals surface area contributed by atoms with Crippen LogP contribution in [0.25, 0.3) is 6.08 Å². The van der Waals surface area contributed by atoms with E-state index in [9.17, 15) is 24.8 Å². The molecule has 1 atom stereocenters. The van der Waals surface area contributed by atoms with Gasteiger partial charge in [-0.15, -0.1) is 0 Å². The van der Waals surface area contributed by atoms with Crippen molar-refractivity contribution in [2.75, 3.05) is 0 Å². The Kier molecular flexibility index (Phi) is 3.00. The van der Waals surface area contributed by atoms with Crippen molar-refractivity contribution in [1.29, 1.82) is 0 Å². The topological polar surface area (TPSA) is 111 Å². The molecule has 0 saturated heterocycles. The van der Waals surface area contributed by atoms with E-state index in [1.165, 1.54) is 42.9 Å². The van der Waals surface area contributed by atoms with E-state index >= 15 is 0 Å². The van der Waals surface area contributed by atoms with Crippen LogP contribution in [0.1, 0.15) is 21.5 Å². The predicted molar refractivity (Wildman–Crippen MR) is 73.4 cm³/mol. The summed E-state index contributed by atoms with van der Waals surface area (Å²) in [5.74, 6) is -2.18. The third-order valence-corrected chi connectivity index (χ3v) is 3.51. The van der Waals surface area contributed by atoms with E-state index in [-0.39, 0.29) is 11.1 Å². The molecule has 0 saturated carbocycles. The Morgan fingerprint density at radius 1 is 1.27 bits per heavy atom. The van der Waals surface area contributed by atoms with Gasteiger partial charge in [0.1, 0.15) is 0 Å². The molecule has 0 spiro atoms. The fraction of sp³-hybridized carbons (Fsp3) is 0.0667. The van der Waals surface area contributed by atoms with E-state index in [1.54, 1.807) is 0 Å². The summed E-state index contributed by atoms with van der Waals surface area (Å²) in [6, 6.07) is 7.11. The number of fused-ring (bicyclic) bond motifs is 1. The normalized spacial score (nSPS) is 21.0. The summed E-state index contributed by atoms with van der Waals surface area (Å²) in [4.78, 5) is 34.6. The quantitative estimate of drug-likeness (QED) is 0.523. The largest absolute Gasteiger partial charge is 0.472 e. The highest BCUT2D eigenvalue weighted by Gasteiger charge is 2.58. The molecule has 7 nitrogen and oxygen atoms in total. The van der Waals surface area contributed by atoms with Crippen molar-refractivity contribution >= 4 is 17.6 Å². The zero-order chi connectivity index (χ0) is 15.9. The molecular weight excluding hydrogens is 290 g/mol. The lowest BCUT2D eigenvalue weighted by Gasteiger charge is -2.18. The maximum atomic E-state index is 12.2. The molecule has 2 aromatic rings. The molecule has 1 heterocycles. The summed E-state index contributed by atoms with van der Waals surface area (Å²) in [5.41, 5.74) is -3.22. The van der Waals surface area contributed by atoms with Gasteiger partial charge in [0.15, 0.2) is 0 Å². The summed E-state index contributed by atoms with van der Waals surface area (Å²) < 4.78 is 4.81. The molecule has 1 N–H and O–H groups in total. The van der Waals surface area contributed by atoms with Gasteiger partial charge < -0.3 is 9.52 Å². The molecule has 0 radical (unpaired) electrons. The minimum absolute atomic E-state index is 0.0325. The lowest BCUT2D eigenvalue weighted by molar-refractivity contribution is -0.440. The molecule has 1 aromatic heterocycles. The summed E-state index contributed by atoms with van der Waals surface area (Å²) in [7, 11) is 0. The molecule has 0 bridgehead atoms. The number of nitro groups is 1.